The number of halogens is 3. The van der Waals surface area contributed by atoms with Crippen LogP contribution in [-0.2, 0) is 6.18 Å². The van der Waals surface area contributed by atoms with Crippen LogP contribution in [0.25, 0.3) is 21.9 Å². The molecule has 0 heterocycles. The van der Waals surface area contributed by atoms with Crippen molar-refractivity contribution in [2.24, 2.45) is 0 Å². The smallest absolute Gasteiger partial charge is 0.416 e. The Labute approximate surface area is 119 Å². The van der Waals surface area contributed by atoms with E-state index in [1.807, 2.05) is 6.07 Å². The van der Waals surface area contributed by atoms with Gasteiger partial charge in [0, 0.05) is 0 Å². The fourth-order valence-corrected chi connectivity index (χ4v) is 2.16. The van der Waals surface area contributed by atoms with E-state index in [2.05, 4.69) is 6.07 Å². The van der Waals surface area contributed by atoms with E-state index in [4.69, 9.17) is 0 Å². The second-order valence-electron chi connectivity index (χ2n) is 4.72. The molecule has 105 valence electrons. The number of hydrogen-bond donors (Lipinski definition) is 1. The Kier molecular flexibility index (Phi) is 3.09. The van der Waals surface area contributed by atoms with Crippen molar-refractivity contribution >= 4 is 10.8 Å². The first kappa shape index (κ1) is 13.5. The molecule has 0 aliphatic rings. The van der Waals surface area contributed by atoms with Crippen molar-refractivity contribution in [3.63, 3.8) is 0 Å². The molecule has 0 aromatic heterocycles. The lowest BCUT2D eigenvalue weighted by Crippen LogP contribution is -2.03. The minimum Gasteiger partial charge on any atom is -0.508 e. The summed E-state index contributed by atoms with van der Waals surface area (Å²) in [7, 11) is 0. The Bertz CT molecular complexity index is 789. The molecule has 0 spiro atoms. The van der Waals surface area contributed by atoms with Crippen LogP contribution < -0.4 is 0 Å². The summed E-state index contributed by atoms with van der Waals surface area (Å²) in [6, 6.07) is 16.6. The lowest BCUT2D eigenvalue weighted by Gasteiger charge is -2.08. The normalized spacial score (nSPS) is 11.8. The first-order valence-electron chi connectivity index (χ1n) is 6.26. The Morgan fingerprint density at radius 3 is 2.19 bits per heavy atom. The molecule has 4 heteroatoms. The topological polar surface area (TPSA) is 20.2 Å². The van der Waals surface area contributed by atoms with Crippen LogP contribution in [0.1, 0.15) is 5.56 Å². The summed E-state index contributed by atoms with van der Waals surface area (Å²) in [5.74, 6) is 0.128. The second-order valence-corrected chi connectivity index (χ2v) is 4.72. The highest BCUT2D eigenvalue weighted by Crippen LogP contribution is 2.31. The van der Waals surface area contributed by atoms with Gasteiger partial charge in [-0.1, -0.05) is 30.3 Å². The van der Waals surface area contributed by atoms with Crippen LogP contribution in [0, 0.1) is 6.07 Å². The summed E-state index contributed by atoms with van der Waals surface area (Å²) in [5, 5.41) is 11.1. The van der Waals surface area contributed by atoms with Gasteiger partial charge in [0.25, 0.3) is 0 Å². The molecule has 1 radical (unpaired) electrons. The fourth-order valence-electron chi connectivity index (χ4n) is 2.16. The minimum atomic E-state index is -4.34. The van der Waals surface area contributed by atoms with Gasteiger partial charge in [-0.05, 0) is 52.2 Å². The van der Waals surface area contributed by atoms with E-state index in [0.717, 1.165) is 17.5 Å². The number of aromatic hydroxyl groups is 1. The van der Waals surface area contributed by atoms with E-state index in [-0.39, 0.29) is 5.75 Å². The van der Waals surface area contributed by atoms with Gasteiger partial charge in [0.15, 0.2) is 0 Å². The Morgan fingerprint density at radius 1 is 0.857 bits per heavy atom. The number of fused-ring (bicyclic) bond motifs is 1. The van der Waals surface area contributed by atoms with E-state index in [1.54, 1.807) is 24.3 Å². The molecule has 0 fully saturated rings. The Balaban J connectivity index is 2.04. The highest BCUT2D eigenvalue weighted by molar-refractivity contribution is 5.87. The number of rotatable bonds is 1. The van der Waals surface area contributed by atoms with Crippen molar-refractivity contribution in [1.82, 2.24) is 0 Å². The van der Waals surface area contributed by atoms with Crippen molar-refractivity contribution in [2.75, 3.05) is 0 Å². The van der Waals surface area contributed by atoms with Crippen molar-refractivity contribution in [1.29, 1.82) is 0 Å². The van der Waals surface area contributed by atoms with Crippen LogP contribution in [0.4, 0.5) is 13.2 Å². The summed E-state index contributed by atoms with van der Waals surface area (Å²) < 4.78 is 37.6. The number of phenols is 1. The van der Waals surface area contributed by atoms with Gasteiger partial charge in [0.2, 0.25) is 0 Å². The van der Waals surface area contributed by atoms with E-state index in [9.17, 15) is 18.3 Å². The molecule has 0 aliphatic heterocycles. The molecule has 1 nitrogen and oxygen atoms in total. The maximum absolute atomic E-state index is 12.5. The van der Waals surface area contributed by atoms with Crippen molar-refractivity contribution in [3.8, 4) is 16.9 Å². The maximum atomic E-state index is 12.5. The Morgan fingerprint density at radius 2 is 1.52 bits per heavy atom. The SMILES string of the molecule is Oc1ccc2ccc(-c3ccc(C(F)(F)F)cc3)[c]c2c1. The molecule has 0 amide bonds. The van der Waals surface area contributed by atoms with Crippen LogP contribution in [0.5, 0.6) is 5.75 Å². The van der Waals surface area contributed by atoms with Crippen molar-refractivity contribution in [2.45, 2.75) is 6.18 Å². The predicted octanol–water partition coefficient (Wildman–Crippen LogP) is 5.03. The van der Waals surface area contributed by atoms with E-state index < -0.39 is 11.7 Å². The zero-order valence-corrected chi connectivity index (χ0v) is 10.8. The first-order chi connectivity index (χ1) is 9.93. The molecule has 3 rings (SSSR count). The summed E-state index contributed by atoms with van der Waals surface area (Å²) in [5.41, 5.74) is 0.653. The van der Waals surface area contributed by atoms with Crippen LogP contribution in [0.15, 0.2) is 54.6 Å². The van der Waals surface area contributed by atoms with Crippen LogP contribution in [-0.4, -0.2) is 5.11 Å². The van der Waals surface area contributed by atoms with Gasteiger partial charge < -0.3 is 5.11 Å². The van der Waals surface area contributed by atoms with Gasteiger partial charge in [-0.2, -0.15) is 13.2 Å². The molecule has 1 N–H and O–H groups in total. The third kappa shape index (κ3) is 2.70. The molecule has 0 saturated heterocycles. The van der Waals surface area contributed by atoms with Crippen LogP contribution in [0.3, 0.4) is 0 Å². The third-order valence-corrected chi connectivity index (χ3v) is 3.26. The average Bonchev–Trinajstić information content (AvgIpc) is 2.45. The molecular formula is C17H10F3O. The molecule has 0 bridgehead atoms. The number of hydrogen-bond acceptors (Lipinski definition) is 1. The van der Waals surface area contributed by atoms with Gasteiger partial charge in [-0.25, -0.2) is 0 Å². The monoisotopic (exact) mass is 287 g/mol. The summed E-state index contributed by atoms with van der Waals surface area (Å²) in [4.78, 5) is 0. The van der Waals surface area contributed by atoms with Crippen LogP contribution >= 0.6 is 0 Å². The van der Waals surface area contributed by atoms with E-state index in [1.165, 1.54) is 12.1 Å². The van der Waals surface area contributed by atoms with Crippen molar-refractivity contribution < 1.29 is 18.3 Å². The maximum Gasteiger partial charge on any atom is 0.416 e. The van der Waals surface area contributed by atoms with E-state index in [0.29, 0.717) is 16.5 Å². The molecule has 3 aromatic carbocycles. The lowest BCUT2D eigenvalue weighted by molar-refractivity contribution is -0.137. The first-order valence-corrected chi connectivity index (χ1v) is 6.26. The number of phenolic OH excluding ortho intramolecular Hbond substituents is 1. The number of benzene rings is 3. The standard InChI is InChI=1S/C17H10F3O/c18-17(19,20)15-6-3-11(4-7-15)13-2-1-12-5-8-16(21)10-14(12)9-13/h1-8,10,21H. The minimum absolute atomic E-state index is 0.128. The molecule has 0 unspecified atom stereocenters. The molecular weight excluding hydrogens is 277 g/mol. The molecule has 0 saturated carbocycles. The van der Waals surface area contributed by atoms with Gasteiger partial charge in [0.05, 0.1) is 5.56 Å². The van der Waals surface area contributed by atoms with Gasteiger partial charge in [-0.3, -0.25) is 0 Å². The highest BCUT2D eigenvalue weighted by atomic mass is 19.4. The average molecular weight is 287 g/mol. The lowest BCUT2D eigenvalue weighted by atomic mass is 10.00. The third-order valence-electron chi connectivity index (χ3n) is 3.26. The molecule has 3 aromatic rings. The van der Waals surface area contributed by atoms with Gasteiger partial charge >= 0.3 is 6.18 Å². The second kappa shape index (κ2) is 4.81. The number of alkyl halides is 3. The summed E-state index contributed by atoms with van der Waals surface area (Å²) in [6.07, 6.45) is -4.34. The Hall–Kier alpha value is -2.49. The predicted molar refractivity (Wildman–Crippen MR) is 74.9 cm³/mol. The quantitative estimate of drug-likeness (QED) is 0.665. The molecule has 0 atom stereocenters. The molecule has 0 aliphatic carbocycles. The van der Waals surface area contributed by atoms with Crippen LogP contribution in [0.2, 0.25) is 0 Å². The fraction of sp³-hybridized carbons (Fsp3) is 0.0588. The van der Waals surface area contributed by atoms with Gasteiger partial charge in [-0.15, -0.1) is 0 Å². The van der Waals surface area contributed by atoms with Crippen molar-refractivity contribution in [3.05, 3.63) is 66.2 Å². The zero-order chi connectivity index (χ0) is 15.0. The zero-order valence-electron chi connectivity index (χ0n) is 10.8. The largest absolute Gasteiger partial charge is 0.508 e. The highest BCUT2D eigenvalue weighted by Gasteiger charge is 2.29. The van der Waals surface area contributed by atoms with E-state index >= 15 is 0 Å². The summed E-state index contributed by atoms with van der Waals surface area (Å²) in [6.45, 7) is 0. The molecule has 21 heavy (non-hydrogen) atoms. The summed E-state index contributed by atoms with van der Waals surface area (Å²) >= 11 is 0. The van der Waals surface area contributed by atoms with Gasteiger partial charge in [0.1, 0.15) is 5.75 Å².